The van der Waals surface area contributed by atoms with Crippen molar-refractivity contribution in [2.45, 2.75) is 373 Å². The number of ether oxygens (including phenoxy) is 1. The van der Waals surface area contributed by atoms with Gasteiger partial charge in [0, 0.05) is 12.8 Å². The second kappa shape index (κ2) is 60.6. The van der Waals surface area contributed by atoms with Gasteiger partial charge in [0.05, 0.1) is 33.8 Å². The molecule has 3 unspecified atom stereocenters. The van der Waals surface area contributed by atoms with E-state index in [9.17, 15) is 19.0 Å². The number of phosphoric acid groups is 1. The Morgan fingerprint density at radius 1 is 0.425 bits per heavy atom. The number of quaternary nitrogens is 1. The van der Waals surface area contributed by atoms with Crippen molar-refractivity contribution in [2.24, 2.45) is 0 Å². The molecule has 0 aliphatic carbocycles. The van der Waals surface area contributed by atoms with Gasteiger partial charge in [0.15, 0.2) is 0 Å². The minimum atomic E-state index is -4.70. The fourth-order valence-corrected chi connectivity index (χ4v) is 11.4. The summed E-state index contributed by atoms with van der Waals surface area (Å²) in [6, 6.07) is -0.882. The van der Waals surface area contributed by atoms with E-state index >= 15 is 0 Å². The molecule has 80 heavy (non-hydrogen) atoms. The van der Waals surface area contributed by atoms with Crippen LogP contribution in [0.4, 0.5) is 0 Å². The first kappa shape index (κ1) is 78.5. The lowest BCUT2D eigenvalue weighted by atomic mass is 10.0. The van der Waals surface area contributed by atoms with E-state index in [-0.39, 0.29) is 31.5 Å². The van der Waals surface area contributed by atoms with Crippen LogP contribution in [0.15, 0.2) is 24.3 Å². The van der Waals surface area contributed by atoms with Crippen LogP contribution in [0.2, 0.25) is 0 Å². The van der Waals surface area contributed by atoms with Gasteiger partial charge in [0.1, 0.15) is 19.3 Å². The number of hydrogen-bond donors (Lipinski definition) is 1. The molecule has 0 aliphatic heterocycles. The van der Waals surface area contributed by atoms with E-state index in [0.29, 0.717) is 17.4 Å². The number of carbonyl (C=O) groups is 2. The fraction of sp³-hybridized carbons (Fsp3) is 0.914. The fourth-order valence-electron chi connectivity index (χ4n) is 10.7. The van der Waals surface area contributed by atoms with Crippen LogP contribution in [-0.2, 0) is 27.9 Å². The van der Waals surface area contributed by atoms with Gasteiger partial charge in [-0.1, -0.05) is 315 Å². The minimum absolute atomic E-state index is 0.0179. The van der Waals surface area contributed by atoms with Crippen molar-refractivity contribution in [3.05, 3.63) is 24.3 Å². The van der Waals surface area contributed by atoms with Gasteiger partial charge in [0.25, 0.3) is 7.82 Å². The van der Waals surface area contributed by atoms with Gasteiger partial charge in [-0.25, -0.2) is 0 Å². The van der Waals surface area contributed by atoms with Gasteiger partial charge in [0.2, 0.25) is 5.91 Å². The van der Waals surface area contributed by atoms with E-state index in [1.165, 1.54) is 270 Å². The third-order valence-corrected chi connectivity index (χ3v) is 17.1. The largest absolute Gasteiger partial charge is 0.756 e. The zero-order chi connectivity index (χ0) is 58.6. The number of phosphoric ester groups is 1. The van der Waals surface area contributed by atoms with Crippen LogP contribution >= 0.6 is 7.82 Å². The Hall–Kier alpha value is -1.51. The molecule has 0 aromatic heterocycles. The summed E-state index contributed by atoms with van der Waals surface area (Å²) in [7, 11) is 1.21. The number of amides is 1. The van der Waals surface area contributed by atoms with E-state index in [4.69, 9.17) is 13.8 Å². The van der Waals surface area contributed by atoms with Crippen LogP contribution in [0.1, 0.15) is 361 Å². The maximum Gasteiger partial charge on any atom is 0.306 e. The standard InChI is InChI=1S/C70H137N2O7P/c1-7-10-13-16-19-22-25-28-30-32-33-34-35-36-37-38-39-41-42-44-47-50-53-56-59-62-69(73)71-67(66-78-80(75,76)77-65-64-72(4,5)6)68(61-58-55-52-49-46-27-24-21-18-15-12-9-3)79-70(74)63-60-57-54-51-48-45-43-40-31-29-26-23-20-17-14-11-8-2/h28,30,58,61,67-68H,7-27,29,31-57,59-60,62-66H2,1-6H3,(H-,71,73,75,76)/b30-28+,61-58-. The molecule has 0 saturated carbocycles. The molecule has 0 aliphatic rings. The third kappa shape index (κ3) is 61.1. The zero-order valence-corrected chi connectivity index (χ0v) is 55.2. The molecule has 0 bridgehead atoms. The van der Waals surface area contributed by atoms with Gasteiger partial charge in [-0.2, -0.15) is 0 Å². The molecular formula is C70H137N2O7P. The molecule has 0 heterocycles. The van der Waals surface area contributed by atoms with E-state index in [1.54, 1.807) is 0 Å². The molecule has 0 aromatic carbocycles. The first-order valence-corrected chi connectivity index (χ1v) is 36.6. The van der Waals surface area contributed by atoms with Crippen LogP contribution < -0.4 is 10.2 Å². The lowest BCUT2D eigenvalue weighted by Crippen LogP contribution is -2.47. The molecule has 10 heteroatoms. The predicted octanol–water partition coefficient (Wildman–Crippen LogP) is 21.4. The lowest BCUT2D eigenvalue weighted by Gasteiger charge is -2.30. The summed E-state index contributed by atoms with van der Waals surface area (Å²) in [5.74, 6) is -0.518. The monoisotopic (exact) mass is 1150 g/mol. The molecule has 0 radical (unpaired) electrons. The summed E-state index contributed by atoms with van der Waals surface area (Å²) < 4.78 is 30.4. The summed E-state index contributed by atoms with van der Waals surface area (Å²) in [6.45, 7) is 6.90. The Morgan fingerprint density at radius 2 is 0.725 bits per heavy atom. The smallest absolute Gasteiger partial charge is 0.306 e. The highest BCUT2D eigenvalue weighted by Crippen LogP contribution is 2.38. The molecule has 3 atom stereocenters. The highest BCUT2D eigenvalue weighted by molar-refractivity contribution is 7.45. The Labute approximate surface area is 498 Å². The van der Waals surface area contributed by atoms with Crippen molar-refractivity contribution in [2.75, 3.05) is 40.9 Å². The Kier molecular flexibility index (Phi) is 59.5. The van der Waals surface area contributed by atoms with Crippen LogP contribution in [-0.4, -0.2) is 69.4 Å². The van der Waals surface area contributed by atoms with Gasteiger partial charge in [-0.3, -0.25) is 14.2 Å². The number of nitrogens with zero attached hydrogens (tertiary/aromatic N) is 1. The van der Waals surface area contributed by atoms with Crippen molar-refractivity contribution < 1.29 is 37.3 Å². The maximum atomic E-state index is 13.6. The quantitative estimate of drug-likeness (QED) is 0.0212. The predicted molar refractivity (Wildman–Crippen MR) is 344 cm³/mol. The highest BCUT2D eigenvalue weighted by atomic mass is 31.2. The molecule has 0 fully saturated rings. The molecular weight excluding hydrogens is 1010 g/mol. The topological polar surface area (TPSA) is 114 Å². The third-order valence-electron chi connectivity index (χ3n) is 16.1. The first-order chi connectivity index (χ1) is 38.9. The molecule has 0 rings (SSSR count). The van der Waals surface area contributed by atoms with Crippen molar-refractivity contribution in [1.82, 2.24) is 5.32 Å². The number of unbranched alkanes of at least 4 members (excludes halogenated alkanes) is 47. The SMILES string of the molecule is CCCCCCCC/C=C/CCCCCCCCCCCCCCCCCC(=O)NC(COP(=O)([O-])OCC[N+](C)(C)C)C(/C=C\CCCCCCCCCCCC)OC(=O)CCCCCCCCCCCCCCCCCCC. The Bertz CT molecular complexity index is 1420. The van der Waals surface area contributed by atoms with Crippen LogP contribution in [0, 0.1) is 0 Å². The van der Waals surface area contributed by atoms with E-state index in [1.807, 2.05) is 33.3 Å². The number of nitrogens with one attached hydrogen (secondary N) is 1. The van der Waals surface area contributed by atoms with Crippen molar-refractivity contribution in [3.8, 4) is 0 Å². The number of esters is 1. The Balaban J connectivity index is 5.02. The normalized spacial score (nSPS) is 13.6. The lowest BCUT2D eigenvalue weighted by molar-refractivity contribution is -0.870. The van der Waals surface area contributed by atoms with E-state index in [2.05, 4.69) is 38.2 Å². The van der Waals surface area contributed by atoms with Gasteiger partial charge >= 0.3 is 5.97 Å². The summed E-state index contributed by atoms with van der Waals surface area (Å²) in [6.07, 6.45) is 73.0. The van der Waals surface area contributed by atoms with Crippen molar-refractivity contribution in [1.29, 1.82) is 0 Å². The molecule has 0 saturated heterocycles. The first-order valence-electron chi connectivity index (χ1n) is 35.1. The zero-order valence-electron chi connectivity index (χ0n) is 54.3. The Morgan fingerprint density at radius 3 is 1.06 bits per heavy atom. The summed E-state index contributed by atoms with van der Waals surface area (Å²) >= 11 is 0. The second-order valence-corrected chi connectivity index (χ2v) is 26.8. The highest BCUT2D eigenvalue weighted by Gasteiger charge is 2.27. The number of hydrogen-bond acceptors (Lipinski definition) is 7. The van der Waals surface area contributed by atoms with Gasteiger partial charge < -0.3 is 28.5 Å². The number of rotatable bonds is 65. The van der Waals surface area contributed by atoms with E-state index in [0.717, 1.165) is 57.8 Å². The van der Waals surface area contributed by atoms with Gasteiger partial charge in [-0.15, -0.1) is 0 Å². The van der Waals surface area contributed by atoms with Crippen molar-refractivity contribution in [3.63, 3.8) is 0 Å². The molecule has 1 N–H and O–H groups in total. The molecule has 1 amide bonds. The van der Waals surface area contributed by atoms with Gasteiger partial charge in [-0.05, 0) is 57.4 Å². The molecule has 0 spiro atoms. The number of likely N-dealkylation sites (N-methyl/N-ethyl adjacent to an activating group) is 1. The summed E-state index contributed by atoms with van der Waals surface area (Å²) in [5.41, 5.74) is 0. The number of carbonyl (C=O) groups excluding carboxylic acids is 2. The van der Waals surface area contributed by atoms with Crippen LogP contribution in [0.25, 0.3) is 0 Å². The van der Waals surface area contributed by atoms with Crippen molar-refractivity contribution >= 4 is 19.7 Å². The van der Waals surface area contributed by atoms with Crippen LogP contribution in [0.5, 0.6) is 0 Å². The number of allylic oxidation sites excluding steroid dienone is 3. The minimum Gasteiger partial charge on any atom is -0.756 e. The van der Waals surface area contributed by atoms with Crippen LogP contribution in [0.3, 0.4) is 0 Å². The average molecular weight is 1150 g/mol. The summed E-state index contributed by atoms with van der Waals surface area (Å²) in [5, 5.41) is 3.05. The average Bonchev–Trinajstić information content (AvgIpc) is 3.42. The molecule has 0 aromatic rings. The van der Waals surface area contributed by atoms with E-state index < -0.39 is 20.0 Å². The second-order valence-electron chi connectivity index (χ2n) is 25.4. The summed E-state index contributed by atoms with van der Waals surface area (Å²) in [4.78, 5) is 40.1. The molecule has 474 valence electrons. The maximum absolute atomic E-state index is 13.6. The molecule has 9 nitrogen and oxygen atoms in total.